The molecule has 1 aromatic rings. The van der Waals surface area contributed by atoms with Crippen LogP contribution in [-0.2, 0) is 4.57 Å². The first kappa shape index (κ1) is 14.9. The minimum Gasteiger partial charge on any atom is -0.397 e. The van der Waals surface area contributed by atoms with E-state index in [9.17, 15) is 14.7 Å². The maximum atomic E-state index is 10.4. The second-order valence-electron chi connectivity index (χ2n) is 2.40. The third-order valence-corrected chi connectivity index (χ3v) is 1.71. The minimum atomic E-state index is -4.76. The SMILES string of the molecule is O=[N+]([O-])c1ccccc1OP(=O)(O)O.[N-]=[N+]=[N-]. The van der Waals surface area contributed by atoms with Gasteiger partial charge < -0.3 is 15.6 Å². The molecule has 17 heavy (non-hydrogen) atoms. The molecule has 0 saturated heterocycles. The minimum absolute atomic E-state index is 0.453. The van der Waals surface area contributed by atoms with Gasteiger partial charge in [-0.3, -0.25) is 24.8 Å². The van der Waals surface area contributed by atoms with Gasteiger partial charge in [0, 0.05) is 6.07 Å². The van der Waals surface area contributed by atoms with Crippen LogP contribution in [-0.4, -0.2) is 14.7 Å². The number of nitrogens with zero attached hydrogens (tertiary/aromatic N) is 4. The lowest BCUT2D eigenvalue weighted by atomic mass is 10.3. The van der Waals surface area contributed by atoms with Gasteiger partial charge in [-0.1, -0.05) is 12.1 Å². The monoisotopic (exact) mass is 261 g/mol. The van der Waals surface area contributed by atoms with E-state index < -0.39 is 24.2 Å². The van der Waals surface area contributed by atoms with E-state index in [1.54, 1.807) is 0 Å². The summed E-state index contributed by atoms with van der Waals surface area (Å²) < 4.78 is 14.5. The molecule has 0 aliphatic rings. The summed E-state index contributed by atoms with van der Waals surface area (Å²) in [6.45, 7) is 0. The molecule has 92 valence electrons. The molecule has 1 aromatic carbocycles. The smallest absolute Gasteiger partial charge is 0.397 e. The molecule has 1 rings (SSSR count). The summed E-state index contributed by atoms with van der Waals surface area (Å²) in [5.74, 6) is -0.453. The molecular weight excluding hydrogens is 255 g/mol. The van der Waals surface area contributed by atoms with Crippen LogP contribution >= 0.6 is 7.82 Å². The van der Waals surface area contributed by atoms with E-state index in [-0.39, 0.29) is 0 Å². The van der Waals surface area contributed by atoms with Crippen LogP contribution in [0.25, 0.3) is 16.0 Å². The average molecular weight is 261 g/mol. The van der Waals surface area contributed by atoms with Gasteiger partial charge in [-0.2, -0.15) is 0 Å². The van der Waals surface area contributed by atoms with Crippen molar-refractivity contribution >= 4 is 13.5 Å². The molecular formula is C6H6N4O6P-. The molecule has 0 aliphatic carbocycles. The quantitative estimate of drug-likeness (QED) is 0.210. The van der Waals surface area contributed by atoms with E-state index in [2.05, 4.69) is 4.52 Å². The predicted molar refractivity (Wildman–Crippen MR) is 55.8 cm³/mol. The molecule has 0 heterocycles. The zero-order valence-electron chi connectivity index (χ0n) is 8.07. The highest BCUT2D eigenvalue weighted by molar-refractivity contribution is 7.46. The molecule has 0 spiro atoms. The summed E-state index contributed by atoms with van der Waals surface area (Å²) in [6.07, 6.45) is 0. The average Bonchev–Trinajstić information content (AvgIpc) is 2.16. The van der Waals surface area contributed by atoms with Crippen LogP contribution in [0.2, 0.25) is 0 Å². The van der Waals surface area contributed by atoms with Crippen molar-refractivity contribution in [3.05, 3.63) is 50.4 Å². The molecule has 0 saturated carbocycles. The highest BCUT2D eigenvalue weighted by atomic mass is 31.2. The van der Waals surface area contributed by atoms with Gasteiger partial charge in [-0.05, 0) is 6.07 Å². The van der Waals surface area contributed by atoms with Crippen molar-refractivity contribution < 1.29 is 23.8 Å². The molecule has 0 aliphatic heterocycles. The summed E-state index contributed by atoms with van der Waals surface area (Å²) in [5.41, 5.74) is 13.0. The molecule has 0 atom stereocenters. The molecule has 0 aromatic heterocycles. The molecule has 0 unspecified atom stereocenters. The second-order valence-corrected chi connectivity index (χ2v) is 3.56. The highest BCUT2D eigenvalue weighted by Gasteiger charge is 2.22. The number of hydrogen-bond donors (Lipinski definition) is 2. The highest BCUT2D eigenvalue weighted by Crippen LogP contribution is 2.41. The third-order valence-electron chi connectivity index (χ3n) is 1.28. The number of rotatable bonds is 3. The summed E-state index contributed by atoms with van der Waals surface area (Å²) in [4.78, 5) is 28.0. The Morgan fingerprint density at radius 1 is 1.35 bits per heavy atom. The van der Waals surface area contributed by atoms with Crippen LogP contribution in [0.4, 0.5) is 5.69 Å². The number of phosphoric acid groups is 1. The summed E-state index contributed by atoms with van der Waals surface area (Å²) in [5, 5.41) is 10.4. The number of hydrogen-bond acceptors (Lipinski definition) is 4. The summed E-state index contributed by atoms with van der Waals surface area (Å²) in [6, 6.07) is 4.94. The standard InChI is InChI=1S/C6H6NO6P.N3/c8-7(9)5-3-1-2-4-6(5)13-14(10,11)12;1-3-2/h1-4H,(H2,10,11,12);/q;-1. The van der Waals surface area contributed by atoms with Crippen molar-refractivity contribution in [2.75, 3.05) is 0 Å². The number of nitro benzene ring substituents is 1. The van der Waals surface area contributed by atoms with Gasteiger partial charge in [0.05, 0.1) is 4.92 Å². The van der Waals surface area contributed by atoms with E-state index >= 15 is 0 Å². The van der Waals surface area contributed by atoms with Crippen molar-refractivity contribution in [1.82, 2.24) is 0 Å². The van der Waals surface area contributed by atoms with Crippen molar-refractivity contribution in [1.29, 1.82) is 0 Å². The lowest BCUT2D eigenvalue weighted by Gasteiger charge is -2.05. The van der Waals surface area contributed by atoms with Gasteiger partial charge >= 0.3 is 13.5 Å². The number of nitro groups is 1. The second kappa shape index (κ2) is 6.46. The van der Waals surface area contributed by atoms with Crippen LogP contribution in [0.5, 0.6) is 5.75 Å². The molecule has 0 radical (unpaired) electrons. The Kier molecular flexibility index (Phi) is 5.65. The Labute approximate surface area is 94.3 Å². The van der Waals surface area contributed by atoms with Gasteiger partial charge in [-0.25, -0.2) is 4.57 Å². The van der Waals surface area contributed by atoms with Crippen LogP contribution in [0, 0.1) is 10.1 Å². The van der Waals surface area contributed by atoms with E-state index in [0.717, 1.165) is 12.1 Å². The van der Waals surface area contributed by atoms with Gasteiger partial charge in [-0.15, -0.1) is 0 Å². The number of benzene rings is 1. The fourth-order valence-electron chi connectivity index (χ4n) is 0.813. The molecule has 0 amide bonds. The molecule has 10 nitrogen and oxygen atoms in total. The molecule has 0 fully saturated rings. The fourth-order valence-corrected chi connectivity index (χ4v) is 1.22. The van der Waals surface area contributed by atoms with E-state index in [0.29, 0.717) is 0 Å². The Hall–Kier alpha value is -2.12. The molecule has 0 bridgehead atoms. The number of para-hydroxylation sites is 2. The first-order valence-corrected chi connectivity index (χ1v) is 5.32. The molecule has 11 heteroatoms. The van der Waals surface area contributed by atoms with E-state index in [1.807, 2.05) is 0 Å². The normalized spacial score (nSPS) is 9.53. The molecule has 2 N–H and O–H groups in total. The van der Waals surface area contributed by atoms with Gasteiger partial charge in [0.25, 0.3) is 0 Å². The van der Waals surface area contributed by atoms with Gasteiger partial charge in [0.15, 0.2) is 0 Å². The largest absolute Gasteiger partial charge is 0.525 e. The zero-order chi connectivity index (χ0) is 13.5. The van der Waals surface area contributed by atoms with Crippen molar-refractivity contribution in [3.8, 4) is 5.75 Å². The van der Waals surface area contributed by atoms with Gasteiger partial charge in [0.1, 0.15) is 0 Å². The topological polar surface area (TPSA) is 169 Å². The van der Waals surface area contributed by atoms with Crippen molar-refractivity contribution in [2.45, 2.75) is 0 Å². The Balaban J connectivity index is 0.000000770. The van der Waals surface area contributed by atoms with Crippen LogP contribution in [0.3, 0.4) is 0 Å². The van der Waals surface area contributed by atoms with Crippen LogP contribution in [0.1, 0.15) is 0 Å². The van der Waals surface area contributed by atoms with E-state index in [4.69, 9.17) is 20.8 Å². The zero-order valence-corrected chi connectivity index (χ0v) is 8.97. The lowest BCUT2D eigenvalue weighted by Crippen LogP contribution is -1.95. The van der Waals surface area contributed by atoms with Crippen molar-refractivity contribution in [3.63, 3.8) is 0 Å². The van der Waals surface area contributed by atoms with Crippen LogP contribution in [0.15, 0.2) is 24.3 Å². The summed E-state index contributed by atoms with van der Waals surface area (Å²) in [7, 11) is -4.76. The fraction of sp³-hybridized carbons (Fsp3) is 0. The Bertz CT molecular complexity index is 479. The Morgan fingerprint density at radius 3 is 2.24 bits per heavy atom. The Morgan fingerprint density at radius 2 is 1.82 bits per heavy atom. The van der Waals surface area contributed by atoms with Crippen LogP contribution < -0.4 is 4.52 Å². The third kappa shape index (κ3) is 6.13. The van der Waals surface area contributed by atoms with Gasteiger partial charge in [0.2, 0.25) is 5.75 Å². The maximum Gasteiger partial charge on any atom is 0.525 e. The predicted octanol–water partition coefficient (Wildman–Crippen LogP) is 1.93. The maximum absolute atomic E-state index is 10.4. The summed E-state index contributed by atoms with van der Waals surface area (Å²) >= 11 is 0. The van der Waals surface area contributed by atoms with Crippen molar-refractivity contribution in [2.24, 2.45) is 0 Å². The lowest BCUT2D eigenvalue weighted by molar-refractivity contribution is -0.385. The van der Waals surface area contributed by atoms with E-state index in [1.165, 1.54) is 17.0 Å². The first-order valence-electron chi connectivity index (χ1n) is 3.79. The number of phosphoric ester groups is 1. The first-order chi connectivity index (χ1) is 7.81.